The quantitative estimate of drug-likeness (QED) is 0.534. The number of hydrogen-bond acceptors (Lipinski definition) is 8. The van der Waals surface area contributed by atoms with Crippen LogP contribution in [0.15, 0.2) is 51.9 Å². The fourth-order valence-electron chi connectivity index (χ4n) is 3.19. The largest absolute Gasteiger partial charge is 0.484 e. The predicted molar refractivity (Wildman–Crippen MR) is 120 cm³/mol. The zero-order chi connectivity index (χ0) is 23.4. The topological polar surface area (TPSA) is 124 Å². The molecule has 0 saturated carbocycles. The number of aromatic nitrogens is 2. The summed E-state index contributed by atoms with van der Waals surface area (Å²) in [7, 11) is -3.82. The summed E-state index contributed by atoms with van der Waals surface area (Å²) in [5, 5.41) is 6.56. The summed E-state index contributed by atoms with van der Waals surface area (Å²) in [6.07, 6.45) is 0. The van der Waals surface area contributed by atoms with Gasteiger partial charge in [-0.05, 0) is 30.3 Å². The molecule has 1 saturated heterocycles. The molecule has 12 heteroatoms. The van der Waals surface area contributed by atoms with Gasteiger partial charge in [-0.3, -0.25) is 4.79 Å². The highest BCUT2D eigenvalue weighted by Crippen LogP contribution is 2.28. The molecule has 0 radical (unpaired) electrons. The SMILES string of the molecule is Cc1nc(-c2cccc(OCC(=O)Nc3ccc(Cl)c(S(=O)(=O)N4CCOCC4)c3)c2)no1. The van der Waals surface area contributed by atoms with Gasteiger partial charge in [-0.1, -0.05) is 28.9 Å². The number of hydrogen-bond donors (Lipinski definition) is 1. The zero-order valence-electron chi connectivity index (χ0n) is 17.7. The number of ether oxygens (including phenoxy) is 2. The van der Waals surface area contributed by atoms with Crippen molar-refractivity contribution in [3.8, 4) is 17.1 Å². The van der Waals surface area contributed by atoms with Gasteiger partial charge in [-0.2, -0.15) is 9.29 Å². The lowest BCUT2D eigenvalue weighted by molar-refractivity contribution is -0.118. The van der Waals surface area contributed by atoms with Gasteiger partial charge < -0.3 is 19.3 Å². The fourth-order valence-corrected chi connectivity index (χ4v) is 5.10. The standard InChI is InChI=1S/C21H21ClN4O6S/c1-14-23-21(25-32-14)15-3-2-4-17(11-15)31-13-20(27)24-16-5-6-18(22)19(12-16)33(28,29)26-7-9-30-10-8-26/h2-6,11-12H,7-10,13H2,1H3,(H,24,27). The van der Waals surface area contributed by atoms with Crippen molar-refractivity contribution in [2.75, 3.05) is 38.2 Å². The van der Waals surface area contributed by atoms with Crippen molar-refractivity contribution >= 4 is 33.2 Å². The molecule has 0 spiro atoms. The van der Waals surface area contributed by atoms with Crippen molar-refractivity contribution in [3.63, 3.8) is 0 Å². The highest BCUT2D eigenvalue weighted by Gasteiger charge is 2.28. The van der Waals surface area contributed by atoms with Crippen LogP contribution in [0.2, 0.25) is 5.02 Å². The van der Waals surface area contributed by atoms with Gasteiger partial charge in [0.05, 0.1) is 18.2 Å². The molecule has 0 unspecified atom stereocenters. The van der Waals surface area contributed by atoms with Gasteiger partial charge in [0.1, 0.15) is 10.6 Å². The third kappa shape index (κ3) is 5.50. The maximum absolute atomic E-state index is 12.9. The molecule has 0 bridgehead atoms. The van der Waals surface area contributed by atoms with E-state index in [0.717, 1.165) is 0 Å². The van der Waals surface area contributed by atoms with Crippen LogP contribution in [0, 0.1) is 6.92 Å². The number of morpholine rings is 1. The lowest BCUT2D eigenvalue weighted by atomic mass is 10.2. The van der Waals surface area contributed by atoms with Gasteiger partial charge in [-0.25, -0.2) is 8.42 Å². The molecule has 2 heterocycles. The Labute approximate surface area is 195 Å². The maximum Gasteiger partial charge on any atom is 0.262 e. The second-order valence-electron chi connectivity index (χ2n) is 7.16. The lowest BCUT2D eigenvalue weighted by Crippen LogP contribution is -2.40. The first-order valence-electron chi connectivity index (χ1n) is 10.0. The smallest absolute Gasteiger partial charge is 0.262 e. The average molecular weight is 493 g/mol. The van der Waals surface area contributed by atoms with E-state index in [1.807, 2.05) is 0 Å². The fraction of sp³-hybridized carbons (Fsp3) is 0.286. The molecule has 1 aromatic heterocycles. The van der Waals surface area contributed by atoms with E-state index in [2.05, 4.69) is 15.5 Å². The number of benzene rings is 2. The van der Waals surface area contributed by atoms with E-state index >= 15 is 0 Å². The average Bonchev–Trinajstić information content (AvgIpc) is 3.26. The molecule has 4 rings (SSSR count). The third-order valence-electron chi connectivity index (χ3n) is 4.79. The number of sulfonamides is 1. The Bertz CT molecular complexity index is 1260. The van der Waals surface area contributed by atoms with E-state index in [9.17, 15) is 13.2 Å². The molecule has 1 N–H and O–H groups in total. The maximum atomic E-state index is 12.9. The van der Waals surface area contributed by atoms with Crippen LogP contribution in [0.25, 0.3) is 11.4 Å². The predicted octanol–water partition coefficient (Wildman–Crippen LogP) is 2.74. The Morgan fingerprint density at radius 3 is 2.73 bits per heavy atom. The zero-order valence-corrected chi connectivity index (χ0v) is 19.2. The number of rotatable bonds is 7. The van der Waals surface area contributed by atoms with Crippen LogP contribution in [0.5, 0.6) is 5.75 Å². The van der Waals surface area contributed by atoms with Crippen LogP contribution in [-0.2, 0) is 19.6 Å². The van der Waals surface area contributed by atoms with Gasteiger partial charge in [0.2, 0.25) is 21.7 Å². The van der Waals surface area contributed by atoms with Gasteiger partial charge >= 0.3 is 0 Å². The van der Waals surface area contributed by atoms with Crippen molar-refractivity contribution < 1.29 is 27.2 Å². The molecule has 0 atom stereocenters. The summed E-state index contributed by atoms with van der Waals surface area (Å²) in [6.45, 7) is 2.52. The molecule has 1 aliphatic heterocycles. The molecule has 3 aromatic rings. The number of amides is 1. The number of carbonyl (C=O) groups is 1. The Morgan fingerprint density at radius 2 is 2.00 bits per heavy atom. The molecule has 10 nitrogen and oxygen atoms in total. The Kier molecular flexibility index (Phi) is 6.94. The summed E-state index contributed by atoms with van der Waals surface area (Å²) in [6, 6.07) is 11.2. The molecule has 1 fully saturated rings. The first kappa shape index (κ1) is 23.2. The number of halogens is 1. The first-order valence-corrected chi connectivity index (χ1v) is 11.9. The van der Waals surface area contributed by atoms with E-state index in [1.54, 1.807) is 31.2 Å². The molecule has 1 amide bonds. The Hall–Kier alpha value is -2.99. The van der Waals surface area contributed by atoms with Crippen LogP contribution < -0.4 is 10.1 Å². The summed E-state index contributed by atoms with van der Waals surface area (Å²) < 4.78 is 42.9. The molecule has 174 valence electrons. The summed E-state index contributed by atoms with van der Waals surface area (Å²) in [5.74, 6) is 0.830. The Balaban J connectivity index is 1.41. The van der Waals surface area contributed by atoms with E-state index in [4.69, 9.17) is 25.6 Å². The molecule has 0 aliphatic carbocycles. The van der Waals surface area contributed by atoms with Crippen LogP contribution >= 0.6 is 11.6 Å². The van der Waals surface area contributed by atoms with Gasteiger partial charge in [-0.15, -0.1) is 0 Å². The van der Waals surface area contributed by atoms with Crippen LogP contribution in [0.4, 0.5) is 5.69 Å². The third-order valence-corrected chi connectivity index (χ3v) is 7.17. The number of nitrogens with one attached hydrogen (secondary N) is 1. The minimum atomic E-state index is -3.82. The lowest BCUT2D eigenvalue weighted by Gasteiger charge is -2.26. The molecule has 1 aliphatic rings. The molecule has 2 aromatic carbocycles. The second-order valence-corrected chi connectivity index (χ2v) is 9.48. The Morgan fingerprint density at radius 1 is 1.21 bits per heavy atom. The number of anilines is 1. The van der Waals surface area contributed by atoms with Gasteiger partial charge in [0, 0.05) is 31.3 Å². The summed E-state index contributed by atoms with van der Waals surface area (Å²) >= 11 is 6.15. The van der Waals surface area contributed by atoms with E-state index in [-0.39, 0.29) is 35.3 Å². The minimum absolute atomic E-state index is 0.0734. The second kappa shape index (κ2) is 9.87. The molecule has 33 heavy (non-hydrogen) atoms. The summed E-state index contributed by atoms with van der Waals surface area (Å²) in [5.41, 5.74) is 0.969. The van der Waals surface area contributed by atoms with Crippen LogP contribution in [0.3, 0.4) is 0 Å². The van der Waals surface area contributed by atoms with E-state index < -0.39 is 15.9 Å². The van der Waals surface area contributed by atoms with Crippen molar-refractivity contribution in [3.05, 3.63) is 53.4 Å². The van der Waals surface area contributed by atoms with Crippen molar-refractivity contribution in [2.45, 2.75) is 11.8 Å². The number of aryl methyl sites for hydroxylation is 1. The minimum Gasteiger partial charge on any atom is -0.484 e. The van der Waals surface area contributed by atoms with Gasteiger partial charge in [0.25, 0.3) is 5.91 Å². The highest BCUT2D eigenvalue weighted by atomic mass is 35.5. The van der Waals surface area contributed by atoms with Crippen LogP contribution in [0.1, 0.15) is 5.89 Å². The van der Waals surface area contributed by atoms with Gasteiger partial charge in [0.15, 0.2) is 6.61 Å². The monoisotopic (exact) mass is 492 g/mol. The number of carbonyl (C=O) groups excluding carboxylic acids is 1. The first-order chi connectivity index (χ1) is 15.8. The van der Waals surface area contributed by atoms with E-state index in [0.29, 0.717) is 36.2 Å². The molecular formula is C21H21ClN4O6S. The van der Waals surface area contributed by atoms with E-state index in [1.165, 1.54) is 22.5 Å². The molecular weight excluding hydrogens is 472 g/mol. The highest BCUT2D eigenvalue weighted by molar-refractivity contribution is 7.89. The summed E-state index contributed by atoms with van der Waals surface area (Å²) in [4.78, 5) is 16.5. The van der Waals surface area contributed by atoms with Crippen molar-refractivity contribution in [1.82, 2.24) is 14.4 Å². The normalized spacial score (nSPS) is 14.7. The van der Waals surface area contributed by atoms with Crippen molar-refractivity contribution in [1.29, 1.82) is 0 Å². The van der Waals surface area contributed by atoms with Crippen molar-refractivity contribution in [2.24, 2.45) is 0 Å². The van der Waals surface area contributed by atoms with Crippen LogP contribution in [-0.4, -0.2) is 61.7 Å². The number of nitrogens with zero attached hydrogens (tertiary/aromatic N) is 3.